The van der Waals surface area contributed by atoms with E-state index in [4.69, 9.17) is 5.73 Å². The Labute approximate surface area is 233 Å². The molecule has 214 valence electrons. The lowest BCUT2D eigenvalue weighted by Gasteiger charge is -2.33. The van der Waals surface area contributed by atoms with E-state index in [0.29, 0.717) is 49.8 Å². The fourth-order valence-electron chi connectivity index (χ4n) is 4.50. The monoisotopic (exact) mass is 587 g/mol. The van der Waals surface area contributed by atoms with Gasteiger partial charge in [-0.05, 0) is 48.7 Å². The van der Waals surface area contributed by atoms with E-state index in [1.54, 1.807) is 42.8 Å². The van der Waals surface area contributed by atoms with Crippen LogP contribution in [0.5, 0.6) is 0 Å². The molecule has 0 aliphatic carbocycles. The van der Waals surface area contributed by atoms with Crippen molar-refractivity contribution in [3.05, 3.63) is 66.8 Å². The first kappa shape index (κ1) is 28.2. The Bertz CT molecular complexity index is 1820. The molecule has 0 radical (unpaired) electrons. The summed E-state index contributed by atoms with van der Waals surface area (Å²) in [5.74, 6) is -1.31. The second kappa shape index (κ2) is 10.3. The van der Waals surface area contributed by atoms with Crippen molar-refractivity contribution in [2.75, 3.05) is 24.1 Å². The van der Waals surface area contributed by atoms with Crippen molar-refractivity contribution < 1.29 is 26.6 Å². The number of carbonyl (C=O) groups excluding carboxylic acids is 1. The second-order valence-electron chi connectivity index (χ2n) is 9.53. The Morgan fingerprint density at radius 1 is 1.12 bits per heavy atom. The van der Waals surface area contributed by atoms with Gasteiger partial charge in [0.1, 0.15) is 29.3 Å². The van der Waals surface area contributed by atoms with E-state index >= 15 is 4.39 Å². The Balaban J connectivity index is 1.66. The van der Waals surface area contributed by atoms with E-state index < -0.39 is 26.9 Å². The number of halogens is 4. The zero-order valence-electron chi connectivity index (χ0n) is 22.0. The SMILES string of the molecule is C=C(C)C(=O)Nc1ccc(-c2c(-c3ccc(N=S(=O)(N4CCC4)C(F)(F)F)c(F)c3)c3c(N)ncnc3n2C)cc1. The standard InChI is InChI=1S/C27H25F4N7O2S/c1-15(2)26(39)35-18-8-5-16(6-9-18)23-21(22-24(32)33-14-34-25(22)37(23)3)17-7-10-20(19(28)13-17)36-41(40,27(29,30)31)38-11-4-12-38/h5-10,13-14H,1,4,11-12H2,2-3H3,(H,35,39)(H2,32,33,34). The number of carbonyl (C=O) groups is 1. The number of benzene rings is 2. The lowest BCUT2D eigenvalue weighted by molar-refractivity contribution is -0.112. The maximum atomic E-state index is 15.4. The zero-order chi connectivity index (χ0) is 29.7. The molecule has 14 heteroatoms. The average molecular weight is 588 g/mol. The van der Waals surface area contributed by atoms with Crippen LogP contribution in [0.4, 0.5) is 34.8 Å². The van der Waals surface area contributed by atoms with Crippen molar-refractivity contribution in [1.29, 1.82) is 0 Å². The number of nitrogens with zero attached hydrogens (tertiary/aromatic N) is 5. The van der Waals surface area contributed by atoms with Crippen molar-refractivity contribution in [3.63, 3.8) is 0 Å². The molecule has 3 N–H and O–H groups in total. The molecule has 2 aromatic heterocycles. The smallest absolute Gasteiger partial charge is 0.383 e. The summed E-state index contributed by atoms with van der Waals surface area (Å²) in [6, 6.07) is 10.3. The third kappa shape index (κ3) is 4.93. The summed E-state index contributed by atoms with van der Waals surface area (Å²) in [7, 11) is -3.14. The lowest BCUT2D eigenvalue weighted by Crippen LogP contribution is -2.47. The summed E-state index contributed by atoms with van der Waals surface area (Å²) in [5.41, 5.74) is 3.60. The van der Waals surface area contributed by atoms with Crippen LogP contribution in [0.1, 0.15) is 13.3 Å². The summed E-state index contributed by atoms with van der Waals surface area (Å²) >= 11 is 0. The molecular formula is C27H25F4N7O2S. The van der Waals surface area contributed by atoms with Crippen LogP contribution in [0.2, 0.25) is 0 Å². The molecule has 5 rings (SSSR count). The third-order valence-electron chi connectivity index (χ3n) is 6.73. The van der Waals surface area contributed by atoms with Gasteiger partial charge in [-0.15, -0.1) is 0 Å². The largest absolute Gasteiger partial charge is 0.493 e. The number of rotatable bonds is 6. The topological polar surface area (TPSA) is 118 Å². The number of hydrogen-bond donors (Lipinski definition) is 2. The Hall–Kier alpha value is -4.30. The maximum absolute atomic E-state index is 15.4. The molecule has 3 heterocycles. The molecule has 1 aliphatic rings. The van der Waals surface area contributed by atoms with Gasteiger partial charge in [-0.3, -0.25) is 4.79 Å². The third-order valence-corrected chi connectivity index (χ3v) is 8.84. The first-order valence-corrected chi connectivity index (χ1v) is 13.8. The first-order chi connectivity index (χ1) is 19.3. The fourth-order valence-corrected chi connectivity index (χ4v) is 6.18. The Morgan fingerprint density at radius 2 is 1.78 bits per heavy atom. The minimum atomic E-state index is -5.16. The van der Waals surface area contributed by atoms with Crippen LogP contribution in [0.3, 0.4) is 0 Å². The molecule has 4 aromatic rings. The molecule has 2 aromatic carbocycles. The van der Waals surface area contributed by atoms with Crippen molar-refractivity contribution in [2.45, 2.75) is 18.9 Å². The lowest BCUT2D eigenvalue weighted by atomic mass is 9.98. The molecule has 0 saturated carbocycles. The highest BCUT2D eigenvalue weighted by atomic mass is 32.2. The van der Waals surface area contributed by atoms with Gasteiger partial charge in [0.05, 0.1) is 11.1 Å². The fraction of sp³-hybridized carbons (Fsp3) is 0.222. The van der Waals surface area contributed by atoms with Crippen molar-refractivity contribution in [1.82, 2.24) is 18.8 Å². The minimum absolute atomic E-state index is 0.0458. The predicted octanol–water partition coefficient (Wildman–Crippen LogP) is 5.78. The number of aromatic nitrogens is 3. The predicted molar refractivity (Wildman–Crippen MR) is 150 cm³/mol. The highest BCUT2D eigenvalue weighted by Crippen LogP contribution is 2.43. The number of aryl methyl sites for hydroxylation is 1. The van der Waals surface area contributed by atoms with Crippen LogP contribution in [-0.4, -0.2) is 47.6 Å². The summed E-state index contributed by atoms with van der Waals surface area (Å²) in [4.78, 5) is 20.4. The maximum Gasteiger partial charge on any atom is 0.493 e. The number of amides is 1. The van der Waals surface area contributed by atoms with Gasteiger partial charge in [0.15, 0.2) is 0 Å². The van der Waals surface area contributed by atoms with Crippen molar-refractivity contribution in [3.8, 4) is 22.4 Å². The molecule has 1 amide bonds. The van der Waals surface area contributed by atoms with E-state index in [0.717, 1.165) is 12.1 Å². The molecule has 9 nitrogen and oxygen atoms in total. The van der Waals surface area contributed by atoms with Gasteiger partial charge in [0, 0.05) is 37.0 Å². The highest BCUT2D eigenvalue weighted by Gasteiger charge is 2.49. The average Bonchev–Trinajstić information content (AvgIpc) is 3.17. The number of nitrogens with one attached hydrogen (secondary N) is 1. The minimum Gasteiger partial charge on any atom is -0.383 e. The number of nitrogen functional groups attached to an aromatic ring is 1. The van der Waals surface area contributed by atoms with Crippen LogP contribution in [0.15, 0.2) is 65.3 Å². The van der Waals surface area contributed by atoms with Crippen LogP contribution < -0.4 is 11.1 Å². The molecular weight excluding hydrogens is 562 g/mol. The second-order valence-corrected chi connectivity index (χ2v) is 11.7. The number of nitrogens with two attached hydrogens (primary N) is 1. The summed E-state index contributed by atoms with van der Waals surface area (Å²) in [5, 5.41) is 3.13. The Morgan fingerprint density at radius 3 is 2.34 bits per heavy atom. The number of hydrogen-bond acceptors (Lipinski definition) is 6. The molecule has 0 spiro atoms. The summed E-state index contributed by atoms with van der Waals surface area (Å²) in [6.07, 6.45) is 1.73. The normalized spacial score (nSPS) is 15.3. The van der Waals surface area contributed by atoms with Crippen LogP contribution in [0, 0.1) is 5.82 Å². The first-order valence-electron chi connectivity index (χ1n) is 12.4. The molecule has 1 unspecified atom stereocenters. The molecule has 1 atom stereocenters. The molecule has 0 bridgehead atoms. The van der Waals surface area contributed by atoms with Gasteiger partial charge in [0.2, 0.25) is 9.92 Å². The quantitative estimate of drug-likeness (QED) is 0.219. The van der Waals surface area contributed by atoms with E-state index in [9.17, 15) is 22.2 Å². The van der Waals surface area contributed by atoms with E-state index in [2.05, 4.69) is 26.2 Å². The molecule has 1 fully saturated rings. The van der Waals surface area contributed by atoms with E-state index in [-0.39, 0.29) is 30.4 Å². The molecule has 1 aliphatic heterocycles. The number of anilines is 2. The van der Waals surface area contributed by atoms with Crippen LogP contribution in [0.25, 0.3) is 33.4 Å². The number of alkyl halides is 3. The van der Waals surface area contributed by atoms with Gasteiger partial charge in [-0.25, -0.2) is 22.9 Å². The molecule has 41 heavy (non-hydrogen) atoms. The zero-order valence-corrected chi connectivity index (χ0v) is 22.8. The van der Waals surface area contributed by atoms with Crippen LogP contribution >= 0.6 is 0 Å². The van der Waals surface area contributed by atoms with Gasteiger partial charge in [-0.2, -0.15) is 17.5 Å². The van der Waals surface area contributed by atoms with Gasteiger partial charge >= 0.3 is 5.51 Å². The van der Waals surface area contributed by atoms with Crippen molar-refractivity contribution >= 4 is 44.0 Å². The highest BCUT2D eigenvalue weighted by molar-refractivity contribution is 7.92. The van der Waals surface area contributed by atoms with Gasteiger partial charge < -0.3 is 15.6 Å². The van der Waals surface area contributed by atoms with Gasteiger partial charge in [-0.1, -0.05) is 24.8 Å². The Kier molecular flexibility index (Phi) is 7.07. The van der Waals surface area contributed by atoms with Crippen molar-refractivity contribution in [2.24, 2.45) is 11.4 Å². The number of fused-ring (bicyclic) bond motifs is 1. The van der Waals surface area contributed by atoms with Gasteiger partial charge in [0.25, 0.3) is 5.91 Å². The van der Waals surface area contributed by atoms with Crippen LogP contribution in [-0.2, 0) is 21.8 Å². The van der Waals surface area contributed by atoms with E-state index in [1.165, 1.54) is 12.4 Å². The molecule has 1 saturated heterocycles. The summed E-state index contributed by atoms with van der Waals surface area (Å²) < 4.78 is 75.3. The summed E-state index contributed by atoms with van der Waals surface area (Å²) in [6.45, 7) is 5.11. The van der Waals surface area contributed by atoms with E-state index in [1.807, 2.05) is 0 Å².